The number of hydrogen-bond donors (Lipinski definition) is 1. The van der Waals surface area contributed by atoms with Crippen LogP contribution in [0.1, 0.15) is 6.92 Å². The van der Waals surface area contributed by atoms with E-state index in [1.807, 2.05) is 0 Å². The summed E-state index contributed by atoms with van der Waals surface area (Å²) in [7, 11) is 0. The molecule has 2 fully saturated rings. The van der Waals surface area contributed by atoms with Gasteiger partial charge in [0.1, 0.15) is 0 Å². The van der Waals surface area contributed by atoms with Crippen molar-refractivity contribution in [2.45, 2.75) is 13.0 Å². The highest BCUT2D eigenvalue weighted by molar-refractivity contribution is 7.99. The molecule has 0 spiro atoms. The molecule has 0 amide bonds. The van der Waals surface area contributed by atoms with Crippen LogP contribution < -0.4 is 5.73 Å². The predicted molar refractivity (Wildman–Crippen MR) is 41.4 cm³/mol. The van der Waals surface area contributed by atoms with Crippen LogP contribution in [-0.4, -0.2) is 17.5 Å². The molecule has 2 aliphatic rings. The van der Waals surface area contributed by atoms with Crippen molar-refractivity contribution in [3.63, 3.8) is 0 Å². The van der Waals surface area contributed by atoms with Gasteiger partial charge >= 0.3 is 0 Å². The van der Waals surface area contributed by atoms with Crippen molar-refractivity contribution in [1.29, 1.82) is 0 Å². The molecular formula is C7H13NS. The molecular weight excluding hydrogens is 130 g/mol. The number of fused-ring (bicyclic) bond motifs is 1. The normalized spacial score (nSPS) is 50.7. The van der Waals surface area contributed by atoms with Gasteiger partial charge in [-0.1, -0.05) is 0 Å². The van der Waals surface area contributed by atoms with Gasteiger partial charge in [0, 0.05) is 6.04 Å². The summed E-state index contributed by atoms with van der Waals surface area (Å²) in [5, 5.41) is 0. The average Bonchev–Trinajstić information content (AvgIpc) is 2.30. The van der Waals surface area contributed by atoms with Crippen molar-refractivity contribution in [2.75, 3.05) is 11.5 Å². The fraction of sp³-hybridized carbons (Fsp3) is 1.00. The van der Waals surface area contributed by atoms with Gasteiger partial charge in [0.05, 0.1) is 0 Å². The van der Waals surface area contributed by atoms with E-state index in [2.05, 4.69) is 18.7 Å². The first-order valence-electron chi connectivity index (χ1n) is 3.64. The highest BCUT2D eigenvalue weighted by atomic mass is 32.2. The van der Waals surface area contributed by atoms with E-state index in [1.165, 1.54) is 11.5 Å². The Kier molecular flexibility index (Phi) is 1.27. The second kappa shape index (κ2) is 1.89. The molecule has 3 atom stereocenters. The summed E-state index contributed by atoms with van der Waals surface area (Å²) in [6.45, 7) is 2.15. The van der Waals surface area contributed by atoms with Gasteiger partial charge in [-0.2, -0.15) is 11.8 Å². The Bertz CT molecular complexity index is 114. The highest BCUT2D eigenvalue weighted by Crippen LogP contribution is 2.56. The van der Waals surface area contributed by atoms with Crippen LogP contribution in [0.2, 0.25) is 0 Å². The monoisotopic (exact) mass is 143 g/mol. The second-order valence-electron chi connectivity index (χ2n) is 3.30. The van der Waals surface area contributed by atoms with Crippen LogP contribution in [-0.2, 0) is 0 Å². The molecule has 0 bridgehead atoms. The van der Waals surface area contributed by atoms with Gasteiger partial charge in [-0.05, 0) is 36.2 Å². The predicted octanol–water partition coefficient (Wildman–Crippen LogP) is 0.943. The van der Waals surface area contributed by atoms with Crippen LogP contribution in [0.15, 0.2) is 0 Å². The summed E-state index contributed by atoms with van der Waals surface area (Å²) in [6.07, 6.45) is 0. The van der Waals surface area contributed by atoms with Crippen molar-refractivity contribution < 1.29 is 0 Å². The molecule has 0 aromatic heterocycles. The third-order valence-electron chi connectivity index (χ3n) is 2.63. The molecule has 0 radical (unpaired) electrons. The van der Waals surface area contributed by atoms with E-state index < -0.39 is 0 Å². The second-order valence-corrected chi connectivity index (χ2v) is 4.38. The first kappa shape index (κ1) is 6.05. The van der Waals surface area contributed by atoms with Crippen molar-refractivity contribution >= 4 is 11.8 Å². The molecule has 52 valence electrons. The fourth-order valence-electron chi connectivity index (χ4n) is 2.06. The lowest BCUT2D eigenvalue weighted by atomic mass is 10.2. The van der Waals surface area contributed by atoms with Gasteiger partial charge in [0.25, 0.3) is 0 Å². The lowest BCUT2D eigenvalue weighted by Crippen LogP contribution is -2.20. The average molecular weight is 143 g/mol. The minimum absolute atomic E-state index is 0.459. The maximum Gasteiger partial charge on any atom is 0.00448 e. The first-order valence-corrected chi connectivity index (χ1v) is 4.79. The number of thioether (sulfide) groups is 1. The van der Waals surface area contributed by atoms with Gasteiger partial charge in [-0.15, -0.1) is 0 Å². The first-order chi connectivity index (χ1) is 4.30. The summed E-state index contributed by atoms with van der Waals surface area (Å²) in [5.41, 5.74) is 5.78. The molecule has 1 saturated heterocycles. The van der Waals surface area contributed by atoms with Crippen molar-refractivity contribution in [1.82, 2.24) is 0 Å². The van der Waals surface area contributed by atoms with Crippen LogP contribution in [0.3, 0.4) is 0 Å². The van der Waals surface area contributed by atoms with Crippen molar-refractivity contribution in [3.05, 3.63) is 0 Å². The molecule has 1 heterocycles. The molecule has 1 aliphatic heterocycles. The molecule has 3 unspecified atom stereocenters. The Morgan fingerprint density at radius 3 is 2.33 bits per heavy atom. The molecule has 2 heteroatoms. The molecule has 2 rings (SSSR count). The number of nitrogens with two attached hydrogens (primary N) is 1. The van der Waals surface area contributed by atoms with E-state index in [0.717, 1.165) is 17.8 Å². The third-order valence-corrected chi connectivity index (χ3v) is 3.87. The Morgan fingerprint density at radius 1 is 1.44 bits per heavy atom. The molecule has 0 aromatic rings. The minimum Gasteiger partial charge on any atom is -0.328 e. The Morgan fingerprint density at radius 2 is 2.00 bits per heavy atom. The van der Waals surface area contributed by atoms with Gasteiger partial charge in [-0.25, -0.2) is 0 Å². The molecule has 9 heavy (non-hydrogen) atoms. The highest BCUT2D eigenvalue weighted by Gasteiger charge is 2.54. The van der Waals surface area contributed by atoms with Crippen LogP contribution >= 0.6 is 11.8 Å². The van der Waals surface area contributed by atoms with E-state index in [1.54, 1.807) is 0 Å². The van der Waals surface area contributed by atoms with Crippen molar-refractivity contribution in [3.8, 4) is 0 Å². The van der Waals surface area contributed by atoms with Crippen molar-refractivity contribution in [2.24, 2.45) is 23.5 Å². The number of hydrogen-bond acceptors (Lipinski definition) is 2. The summed E-state index contributed by atoms with van der Waals surface area (Å²) in [6, 6.07) is 0.459. The van der Waals surface area contributed by atoms with Gasteiger partial charge in [0.15, 0.2) is 0 Å². The lowest BCUT2D eigenvalue weighted by Gasteiger charge is -2.05. The Balaban J connectivity index is 1.94. The molecule has 2 N–H and O–H groups in total. The minimum atomic E-state index is 0.459. The smallest absolute Gasteiger partial charge is 0.00448 e. The summed E-state index contributed by atoms with van der Waals surface area (Å²) in [5.74, 6) is 5.68. The van der Waals surface area contributed by atoms with Gasteiger partial charge in [0.2, 0.25) is 0 Å². The maximum absolute atomic E-state index is 5.78. The zero-order valence-electron chi connectivity index (χ0n) is 5.71. The van der Waals surface area contributed by atoms with E-state index in [-0.39, 0.29) is 0 Å². The van der Waals surface area contributed by atoms with Crippen LogP contribution in [0.25, 0.3) is 0 Å². The Labute approximate surface area is 60.4 Å². The fourth-order valence-corrected chi connectivity index (χ4v) is 3.68. The van der Waals surface area contributed by atoms with Gasteiger partial charge in [-0.3, -0.25) is 0 Å². The van der Waals surface area contributed by atoms with Crippen LogP contribution in [0.4, 0.5) is 0 Å². The van der Waals surface area contributed by atoms with Crippen LogP contribution in [0, 0.1) is 17.8 Å². The maximum atomic E-state index is 5.78. The largest absolute Gasteiger partial charge is 0.328 e. The lowest BCUT2D eigenvalue weighted by molar-refractivity contribution is 0.590. The van der Waals surface area contributed by atoms with E-state index >= 15 is 0 Å². The van der Waals surface area contributed by atoms with Crippen LogP contribution in [0.5, 0.6) is 0 Å². The van der Waals surface area contributed by atoms with E-state index in [9.17, 15) is 0 Å². The van der Waals surface area contributed by atoms with E-state index in [4.69, 9.17) is 5.73 Å². The zero-order valence-corrected chi connectivity index (χ0v) is 6.53. The quantitative estimate of drug-likeness (QED) is 0.591. The summed E-state index contributed by atoms with van der Waals surface area (Å²) < 4.78 is 0. The molecule has 1 saturated carbocycles. The topological polar surface area (TPSA) is 26.0 Å². The molecule has 0 aromatic carbocycles. The Hall–Kier alpha value is 0.310. The standard InChI is InChI=1S/C7H13NS/c1-4(8)7-5-2-9-3-6(5)7/h4-7H,2-3,8H2,1H3. The zero-order chi connectivity index (χ0) is 6.43. The molecule has 1 aliphatic carbocycles. The number of rotatable bonds is 1. The van der Waals surface area contributed by atoms with Gasteiger partial charge < -0.3 is 5.73 Å². The SMILES string of the molecule is CC(N)C1C2CSCC21. The summed E-state index contributed by atoms with van der Waals surface area (Å²) in [4.78, 5) is 0. The third kappa shape index (κ3) is 0.802. The van der Waals surface area contributed by atoms with E-state index in [0.29, 0.717) is 6.04 Å². The summed E-state index contributed by atoms with van der Waals surface area (Å²) >= 11 is 2.10. The molecule has 1 nitrogen and oxygen atoms in total.